The molecule has 1 aliphatic heterocycles. The van der Waals surface area contributed by atoms with Gasteiger partial charge in [-0.2, -0.15) is 0 Å². The number of carbonyl (C=O) groups excluding carboxylic acids is 1. The van der Waals surface area contributed by atoms with Crippen LogP contribution in [0.25, 0.3) is 0 Å². The fourth-order valence-electron chi connectivity index (χ4n) is 2.28. The van der Waals surface area contributed by atoms with Gasteiger partial charge in [0.1, 0.15) is 5.82 Å². The molecule has 1 amide bonds. The van der Waals surface area contributed by atoms with Crippen LogP contribution in [0.15, 0.2) is 4.79 Å². The first-order valence-corrected chi connectivity index (χ1v) is 5.87. The van der Waals surface area contributed by atoms with Crippen molar-refractivity contribution in [2.45, 2.75) is 26.3 Å². The number of hydrogen-bond donors (Lipinski definition) is 2. The molecule has 6 heteroatoms. The molecule has 6 nitrogen and oxygen atoms in total. The summed E-state index contributed by atoms with van der Waals surface area (Å²) in [4.78, 5) is 24.9. The van der Waals surface area contributed by atoms with Crippen LogP contribution in [0.4, 0.5) is 5.82 Å². The third-order valence-corrected chi connectivity index (χ3v) is 3.05. The van der Waals surface area contributed by atoms with E-state index in [0.717, 1.165) is 31.7 Å². The SMILES string of the molecule is CC(=O)NCc1c(N2CCCC2)n(C)[nH]c1=O. The van der Waals surface area contributed by atoms with Gasteiger partial charge in [0.15, 0.2) is 0 Å². The van der Waals surface area contributed by atoms with Gasteiger partial charge in [-0.15, -0.1) is 0 Å². The predicted octanol–water partition coefficient (Wildman–Crippen LogP) is -0.0503. The van der Waals surface area contributed by atoms with Crippen LogP contribution in [0.5, 0.6) is 0 Å². The largest absolute Gasteiger partial charge is 0.356 e. The Morgan fingerprint density at radius 1 is 1.41 bits per heavy atom. The van der Waals surface area contributed by atoms with Gasteiger partial charge in [0.2, 0.25) is 5.91 Å². The molecule has 2 N–H and O–H groups in total. The molecular weight excluding hydrogens is 220 g/mol. The van der Waals surface area contributed by atoms with Crippen LogP contribution in [0.3, 0.4) is 0 Å². The highest BCUT2D eigenvalue weighted by molar-refractivity contribution is 5.73. The molecule has 0 atom stereocenters. The molecule has 94 valence electrons. The van der Waals surface area contributed by atoms with Crippen LogP contribution in [0.1, 0.15) is 25.3 Å². The van der Waals surface area contributed by atoms with Crippen molar-refractivity contribution in [3.8, 4) is 0 Å². The monoisotopic (exact) mass is 238 g/mol. The number of hydrogen-bond acceptors (Lipinski definition) is 3. The minimum atomic E-state index is -0.124. The molecule has 0 unspecified atom stereocenters. The maximum atomic E-state index is 11.8. The highest BCUT2D eigenvalue weighted by Gasteiger charge is 2.21. The van der Waals surface area contributed by atoms with Crippen LogP contribution >= 0.6 is 0 Å². The Hall–Kier alpha value is -1.72. The third-order valence-electron chi connectivity index (χ3n) is 3.05. The number of aryl methyl sites for hydroxylation is 1. The first-order valence-electron chi connectivity index (χ1n) is 5.87. The van der Waals surface area contributed by atoms with Gasteiger partial charge in [-0.1, -0.05) is 0 Å². The van der Waals surface area contributed by atoms with Crippen LogP contribution in [0, 0.1) is 0 Å². The normalized spacial score (nSPS) is 15.3. The molecule has 1 saturated heterocycles. The Labute approximate surface area is 99.6 Å². The van der Waals surface area contributed by atoms with Gasteiger partial charge in [0.05, 0.1) is 12.1 Å². The quantitative estimate of drug-likeness (QED) is 0.775. The van der Waals surface area contributed by atoms with Crippen molar-refractivity contribution >= 4 is 11.7 Å². The average Bonchev–Trinajstić information content (AvgIpc) is 2.83. The zero-order valence-corrected chi connectivity index (χ0v) is 10.2. The van der Waals surface area contributed by atoms with Gasteiger partial charge in [0.25, 0.3) is 5.56 Å². The van der Waals surface area contributed by atoms with Crippen molar-refractivity contribution < 1.29 is 4.79 Å². The van der Waals surface area contributed by atoms with Gasteiger partial charge in [-0.05, 0) is 12.8 Å². The summed E-state index contributed by atoms with van der Waals surface area (Å²) in [6.45, 7) is 3.68. The molecule has 0 aromatic carbocycles. The summed E-state index contributed by atoms with van der Waals surface area (Å²) in [5, 5.41) is 5.43. The molecule has 1 aliphatic rings. The maximum absolute atomic E-state index is 11.8. The summed E-state index contributed by atoms with van der Waals surface area (Å²) in [6, 6.07) is 0. The minimum absolute atomic E-state index is 0.122. The van der Waals surface area contributed by atoms with Gasteiger partial charge in [-0.25, -0.2) is 0 Å². The Kier molecular flexibility index (Phi) is 3.21. The molecule has 0 radical (unpaired) electrons. The zero-order chi connectivity index (χ0) is 12.4. The lowest BCUT2D eigenvalue weighted by molar-refractivity contribution is -0.119. The first-order chi connectivity index (χ1) is 8.09. The van der Waals surface area contributed by atoms with Crippen molar-refractivity contribution in [1.82, 2.24) is 15.1 Å². The average molecular weight is 238 g/mol. The molecule has 0 spiro atoms. The number of anilines is 1. The van der Waals surface area contributed by atoms with Crippen molar-refractivity contribution in [2.24, 2.45) is 7.05 Å². The van der Waals surface area contributed by atoms with E-state index in [4.69, 9.17) is 0 Å². The molecule has 0 bridgehead atoms. The molecule has 0 saturated carbocycles. The molecular formula is C11H18N4O2. The second-order valence-electron chi connectivity index (χ2n) is 4.41. The lowest BCUT2D eigenvalue weighted by atomic mass is 10.3. The van der Waals surface area contributed by atoms with Gasteiger partial charge >= 0.3 is 0 Å². The lowest BCUT2D eigenvalue weighted by Gasteiger charge is -2.19. The van der Waals surface area contributed by atoms with Crippen molar-refractivity contribution in [3.05, 3.63) is 15.9 Å². The molecule has 1 fully saturated rings. The number of aromatic nitrogens is 2. The smallest absolute Gasteiger partial charge is 0.271 e. The Bertz CT molecular complexity index is 468. The van der Waals surface area contributed by atoms with Gasteiger partial charge in [-0.3, -0.25) is 19.4 Å². The van der Waals surface area contributed by atoms with Crippen molar-refractivity contribution in [1.29, 1.82) is 0 Å². The van der Waals surface area contributed by atoms with Gasteiger partial charge in [0, 0.05) is 27.1 Å². The summed E-state index contributed by atoms with van der Waals surface area (Å²) >= 11 is 0. The molecule has 2 rings (SSSR count). The molecule has 2 heterocycles. The Morgan fingerprint density at radius 3 is 2.65 bits per heavy atom. The number of carbonyl (C=O) groups is 1. The molecule has 1 aromatic rings. The number of nitrogens with zero attached hydrogens (tertiary/aromatic N) is 2. The first kappa shape index (κ1) is 11.8. The second kappa shape index (κ2) is 4.65. The van der Waals surface area contributed by atoms with E-state index in [1.165, 1.54) is 6.92 Å². The standard InChI is InChI=1S/C11H18N4O2/c1-8(16)12-7-9-10(17)13-14(2)11(9)15-5-3-4-6-15/h3-7H2,1-2H3,(H,12,16)(H,13,17). The van der Waals surface area contributed by atoms with Crippen molar-refractivity contribution in [3.63, 3.8) is 0 Å². The van der Waals surface area contributed by atoms with E-state index in [1.807, 2.05) is 7.05 Å². The Balaban J connectivity index is 2.28. The summed E-state index contributed by atoms with van der Waals surface area (Å²) in [6.07, 6.45) is 2.30. The maximum Gasteiger partial charge on any atom is 0.271 e. The molecule has 0 aliphatic carbocycles. The third kappa shape index (κ3) is 2.35. The zero-order valence-electron chi connectivity index (χ0n) is 10.2. The van der Waals surface area contributed by atoms with Crippen LogP contribution < -0.4 is 15.8 Å². The number of nitrogens with one attached hydrogen (secondary N) is 2. The number of aromatic amines is 1. The second-order valence-corrected chi connectivity index (χ2v) is 4.41. The summed E-state index contributed by atoms with van der Waals surface area (Å²) < 4.78 is 1.74. The van der Waals surface area contributed by atoms with Crippen LogP contribution in [-0.4, -0.2) is 28.8 Å². The van der Waals surface area contributed by atoms with E-state index in [2.05, 4.69) is 15.3 Å². The van der Waals surface area contributed by atoms with Crippen molar-refractivity contribution in [2.75, 3.05) is 18.0 Å². The van der Waals surface area contributed by atoms with Gasteiger partial charge < -0.3 is 10.2 Å². The van der Waals surface area contributed by atoms with E-state index < -0.39 is 0 Å². The van der Waals surface area contributed by atoms with Crippen LogP contribution in [-0.2, 0) is 18.4 Å². The number of rotatable bonds is 3. The highest BCUT2D eigenvalue weighted by atomic mass is 16.1. The fraction of sp³-hybridized carbons (Fsp3) is 0.636. The van der Waals surface area contributed by atoms with E-state index in [1.54, 1.807) is 4.68 Å². The molecule has 17 heavy (non-hydrogen) atoms. The minimum Gasteiger partial charge on any atom is -0.356 e. The summed E-state index contributed by atoms with van der Waals surface area (Å²) in [7, 11) is 1.83. The topological polar surface area (TPSA) is 70.1 Å². The van der Waals surface area contributed by atoms with E-state index in [9.17, 15) is 9.59 Å². The van der Waals surface area contributed by atoms with Crippen LogP contribution in [0.2, 0.25) is 0 Å². The number of amides is 1. The Morgan fingerprint density at radius 2 is 2.06 bits per heavy atom. The predicted molar refractivity (Wildman–Crippen MR) is 65.0 cm³/mol. The fourth-order valence-corrected chi connectivity index (χ4v) is 2.28. The summed E-state index contributed by atoms with van der Waals surface area (Å²) in [5.74, 6) is 0.780. The van der Waals surface area contributed by atoms with E-state index in [0.29, 0.717) is 5.56 Å². The highest BCUT2D eigenvalue weighted by Crippen LogP contribution is 2.21. The molecule has 1 aromatic heterocycles. The lowest BCUT2D eigenvalue weighted by Crippen LogP contribution is -2.26. The van der Waals surface area contributed by atoms with E-state index >= 15 is 0 Å². The number of H-pyrrole nitrogens is 1. The summed E-state index contributed by atoms with van der Waals surface area (Å²) in [5.41, 5.74) is 0.521. The van der Waals surface area contributed by atoms with E-state index in [-0.39, 0.29) is 18.0 Å².